The molecule has 36 heavy (non-hydrogen) atoms. The number of carbonyl (C=O) groups excluding carboxylic acids is 1. The Morgan fingerprint density at radius 3 is 2.53 bits per heavy atom. The van der Waals surface area contributed by atoms with Crippen molar-refractivity contribution < 1.29 is 29.3 Å². The number of ether oxygens (including phenoxy) is 2. The van der Waals surface area contributed by atoms with E-state index >= 15 is 0 Å². The van der Waals surface area contributed by atoms with Gasteiger partial charge in [0.05, 0.1) is 18.8 Å². The standard InChI is InChI=1S/C25H27N5O6/c1-2-35-20-11-15(13-31)10-17(22(20)36-14-21(32)33)12-29-24-19(4-3-9-28-24)25(34)30-18-7-5-16(6-8-18)23(26)27/h3-11,31H,2,12-14H2,1H3,(H3,26,27)(H,28,29)(H,30,34)(H,32,33). The van der Waals surface area contributed by atoms with Gasteiger partial charge in [0.15, 0.2) is 18.1 Å². The summed E-state index contributed by atoms with van der Waals surface area (Å²) in [5.74, 6) is -0.834. The zero-order valence-corrected chi connectivity index (χ0v) is 19.6. The molecule has 188 valence electrons. The van der Waals surface area contributed by atoms with Crippen molar-refractivity contribution in [2.45, 2.75) is 20.1 Å². The minimum Gasteiger partial charge on any atom is -0.490 e. The summed E-state index contributed by atoms with van der Waals surface area (Å²) in [6.45, 7) is 1.35. The molecule has 11 nitrogen and oxygen atoms in total. The molecule has 2 aromatic carbocycles. The number of pyridine rings is 1. The van der Waals surface area contributed by atoms with Crippen LogP contribution < -0.4 is 25.8 Å². The van der Waals surface area contributed by atoms with Crippen molar-refractivity contribution in [1.29, 1.82) is 5.41 Å². The number of carbonyl (C=O) groups is 2. The molecule has 1 amide bonds. The lowest BCUT2D eigenvalue weighted by atomic mass is 10.1. The molecule has 0 spiro atoms. The Bertz CT molecular complexity index is 1250. The molecule has 11 heteroatoms. The fourth-order valence-electron chi connectivity index (χ4n) is 3.35. The van der Waals surface area contributed by atoms with Gasteiger partial charge in [0.1, 0.15) is 11.7 Å². The lowest BCUT2D eigenvalue weighted by Gasteiger charge is -2.18. The predicted octanol–water partition coefficient (Wildman–Crippen LogP) is 2.58. The van der Waals surface area contributed by atoms with E-state index in [1.807, 2.05) is 0 Å². The van der Waals surface area contributed by atoms with Gasteiger partial charge in [0.2, 0.25) is 0 Å². The number of carboxylic acid groups (broad SMARTS) is 1. The van der Waals surface area contributed by atoms with Crippen molar-refractivity contribution in [3.05, 3.63) is 77.0 Å². The third-order valence-electron chi connectivity index (χ3n) is 4.97. The van der Waals surface area contributed by atoms with Gasteiger partial charge in [-0.3, -0.25) is 10.2 Å². The van der Waals surface area contributed by atoms with Crippen LogP contribution in [-0.4, -0.2) is 46.1 Å². The van der Waals surface area contributed by atoms with Crippen LogP contribution in [-0.2, 0) is 17.9 Å². The van der Waals surface area contributed by atoms with Gasteiger partial charge in [0, 0.05) is 29.6 Å². The highest BCUT2D eigenvalue weighted by molar-refractivity contribution is 6.07. The van der Waals surface area contributed by atoms with Crippen LogP contribution in [0.25, 0.3) is 0 Å². The van der Waals surface area contributed by atoms with E-state index < -0.39 is 18.5 Å². The highest BCUT2D eigenvalue weighted by Gasteiger charge is 2.17. The molecule has 1 heterocycles. The van der Waals surface area contributed by atoms with Crippen LogP contribution in [0.4, 0.5) is 11.5 Å². The zero-order valence-electron chi connectivity index (χ0n) is 19.6. The zero-order chi connectivity index (χ0) is 26.1. The molecular formula is C25H27N5O6. The summed E-state index contributed by atoms with van der Waals surface area (Å²) >= 11 is 0. The monoisotopic (exact) mass is 493 g/mol. The number of nitrogens with two attached hydrogens (primary N) is 1. The van der Waals surface area contributed by atoms with Gasteiger partial charge < -0.3 is 36.1 Å². The molecule has 0 radical (unpaired) electrons. The second-order valence-electron chi connectivity index (χ2n) is 7.55. The van der Waals surface area contributed by atoms with E-state index in [4.69, 9.17) is 25.7 Å². The molecule has 3 aromatic rings. The summed E-state index contributed by atoms with van der Waals surface area (Å²) in [6.07, 6.45) is 1.53. The molecular weight excluding hydrogens is 466 g/mol. The quantitative estimate of drug-likeness (QED) is 0.163. The van der Waals surface area contributed by atoms with Crippen LogP contribution >= 0.6 is 0 Å². The van der Waals surface area contributed by atoms with Crippen LogP contribution in [0, 0.1) is 5.41 Å². The molecule has 0 aliphatic carbocycles. The third-order valence-corrected chi connectivity index (χ3v) is 4.97. The highest BCUT2D eigenvalue weighted by atomic mass is 16.5. The number of rotatable bonds is 12. The number of benzene rings is 2. The maximum Gasteiger partial charge on any atom is 0.341 e. The van der Waals surface area contributed by atoms with Gasteiger partial charge in [-0.05, 0) is 61.0 Å². The van der Waals surface area contributed by atoms with E-state index in [1.54, 1.807) is 55.5 Å². The Labute approximate surface area is 207 Å². The van der Waals surface area contributed by atoms with E-state index in [2.05, 4.69) is 15.6 Å². The number of amidine groups is 1. The maximum absolute atomic E-state index is 12.9. The Hall–Kier alpha value is -4.64. The van der Waals surface area contributed by atoms with Crippen molar-refractivity contribution in [2.75, 3.05) is 23.8 Å². The predicted molar refractivity (Wildman–Crippen MR) is 134 cm³/mol. The normalized spacial score (nSPS) is 10.4. The van der Waals surface area contributed by atoms with Gasteiger partial charge in [-0.2, -0.15) is 0 Å². The van der Waals surface area contributed by atoms with E-state index in [0.717, 1.165) is 0 Å². The highest BCUT2D eigenvalue weighted by Crippen LogP contribution is 2.34. The second kappa shape index (κ2) is 12.2. The molecule has 0 saturated carbocycles. The number of aliphatic carboxylic acids is 1. The molecule has 0 atom stereocenters. The van der Waals surface area contributed by atoms with Gasteiger partial charge in [-0.1, -0.05) is 0 Å². The Kier molecular flexibility index (Phi) is 8.79. The van der Waals surface area contributed by atoms with Crippen LogP contribution in [0.2, 0.25) is 0 Å². The fraction of sp³-hybridized carbons (Fsp3) is 0.200. The number of nitrogens with one attached hydrogen (secondary N) is 3. The number of anilines is 2. The number of aliphatic hydroxyl groups is 1. The first-order valence-electron chi connectivity index (χ1n) is 11.0. The van der Waals surface area contributed by atoms with Gasteiger partial charge >= 0.3 is 5.97 Å². The van der Waals surface area contributed by atoms with Crippen LogP contribution in [0.15, 0.2) is 54.7 Å². The van der Waals surface area contributed by atoms with E-state index in [0.29, 0.717) is 34.7 Å². The molecule has 0 unspecified atom stereocenters. The first-order chi connectivity index (χ1) is 17.3. The maximum atomic E-state index is 12.9. The molecule has 0 saturated heterocycles. The lowest BCUT2D eigenvalue weighted by Crippen LogP contribution is -2.17. The summed E-state index contributed by atoms with van der Waals surface area (Å²) in [5.41, 5.74) is 7.85. The minimum absolute atomic E-state index is 0.0731. The lowest BCUT2D eigenvalue weighted by molar-refractivity contribution is -0.139. The van der Waals surface area contributed by atoms with Crippen LogP contribution in [0.3, 0.4) is 0 Å². The molecule has 0 bridgehead atoms. The van der Waals surface area contributed by atoms with E-state index in [9.17, 15) is 14.7 Å². The Balaban J connectivity index is 1.84. The fourth-order valence-corrected chi connectivity index (χ4v) is 3.35. The molecule has 0 aliphatic rings. The van der Waals surface area contributed by atoms with Crippen molar-refractivity contribution in [2.24, 2.45) is 5.73 Å². The number of aromatic nitrogens is 1. The van der Waals surface area contributed by atoms with E-state index in [1.165, 1.54) is 6.20 Å². The first kappa shape index (κ1) is 26.0. The van der Waals surface area contributed by atoms with E-state index in [-0.39, 0.29) is 36.1 Å². The molecule has 1 aromatic heterocycles. The molecule has 7 N–H and O–H groups in total. The largest absolute Gasteiger partial charge is 0.490 e. The first-order valence-corrected chi connectivity index (χ1v) is 11.0. The average molecular weight is 494 g/mol. The van der Waals surface area contributed by atoms with Crippen molar-refractivity contribution >= 4 is 29.2 Å². The van der Waals surface area contributed by atoms with Gasteiger partial charge in [0.25, 0.3) is 5.91 Å². The molecule has 0 aliphatic heterocycles. The second-order valence-corrected chi connectivity index (χ2v) is 7.55. The topological polar surface area (TPSA) is 180 Å². The number of aliphatic hydroxyl groups excluding tert-OH is 1. The number of hydrogen-bond acceptors (Lipinski definition) is 8. The van der Waals surface area contributed by atoms with Gasteiger partial charge in [-0.25, -0.2) is 9.78 Å². The van der Waals surface area contributed by atoms with Crippen molar-refractivity contribution in [3.8, 4) is 11.5 Å². The Morgan fingerprint density at radius 1 is 1.14 bits per heavy atom. The SMILES string of the molecule is CCOc1cc(CO)cc(CNc2ncccc2C(=O)Nc2ccc(C(=N)N)cc2)c1OCC(=O)O. The number of nitrogen functional groups attached to an aromatic ring is 1. The summed E-state index contributed by atoms with van der Waals surface area (Å²) < 4.78 is 11.1. The summed E-state index contributed by atoms with van der Waals surface area (Å²) in [4.78, 5) is 28.3. The number of carboxylic acids is 1. The summed E-state index contributed by atoms with van der Waals surface area (Å²) in [5, 5.41) is 32.1. The number of amides is 1. The van der Waals surface area contributed by atoms with Gasteiger partial charge in [-0.15, -0.1) is 0 Å². The molecule has 0 fully saturated rings. The van der Waals surface area contributed by atoms with Crippen molar-refractivity contribution in [1.82, 2.24) is 4.98 Å². The third kappa shape index (κ3) is 6.70. The van der Waals surface area contributed by atoms with Crippen LogP contribution in [0.5, 0.6) is 11.5 Å². The summed E-state index contributed by atoms with van der Waals surface area (Å²) in [7, 11) is 0. The summed E-state index contributed by atoms with van der Waals surface area (Å²) in [6, 6.07) is 13.0. The number of nitrogens with zero attached hydrogens (tertiary/aromatic N) is 1. The Morgan fingerprint density at radius 2 is 1.89 bits per heavy atom. The minimum atomic E-state index is -1.15. The smallest absolute Gasteiger partial charge is 0.341 e. The number of hydrogen-bond donors (Lipinski definition) is 6. The molecule has 3 rings (SSSR count). The van der Waals surface area contributed by atoms with Crippen molar-refractivity contribution in [3.63, 3.8) is 0 Å². The average Bonchev–Trinajstić information content (AvgIpc) is 2.87. The van der Waals surface area contributed by atoms with Crippen LogP contribution in [0.1, 0.15) is 34.0 Å².